The molecule has 0 spiro atoms. The zero-order valence-corrected chi connectivity index (χ0v) is 5.65. The molecule has 0 fully saturated rings. The minimum Gasteiger partial charge on any atom is -0.393 e. The number of aliphatic hydroxyl groups excluding tert-OH is 1. The summed E-state index contributed by atoms with van der Waals surface area (Å²) in [7, 11) is 0. The van der Waals surface area contributed by atoms with Crippen LogP contribution in [0.25, 0.3) is 0 Å². The number of rotatable bonds is 2. The highest BCUT2D eigenvalue weighted by Crippen LogP contribution is 2.06. The van der Waals surface area contributed by atoms with Gasteiger partial charge >= 0.3 is 0 Å². The number of aliphatic hydroxyl groups is 1. The van der Waals surface area contributed by atoms with Gasteiger partial charge in [-0.05, 0) is 6.92 Å². The Morgan fingerprint density at radius 2 is 2.29 bits per heavy atom. The van der Waals surface area contributed by atoms with Crippen LogP contribution in [-0.4, -0.2) is 22.7 Å². The quantitative estimate of drug-likeness (QED) is 0.616. The maximum Gasteiger partial charge on any atom is 0.135 e. The summed E-state index contributed by atoms with van der Waals surface area (Å²) in [4.78, 5) is -0.238. The molecule has 3 heteroatoms. The Morgan fingerprint density at radius 3 is 2.29 bits per heavy atom. The van der Waals surface area contributed by atoms with Crippen molar-refractivity contribution in [2.24, 2.45) is 0 Å². The third kappa shape index (κ3) is 3.00. The number of alkyl halides is 2. The van der Waals surface area contributed by atoms with Crippen molar-refractivity contribution in [3.63, 3.8) is 0 Å². The Hall–Kier alpha value is 0.370. The smallest absolute Gasteiger partial charge is 0.135 e. The molecule has 7 heavy (non-hydrogen) atoms. The van der Waals surface area contributed by atoms with Crippen molar-refractivity contribution in [1.29, 1.82) is 0 Å². The molecule has 0 bridgehead atoms. The normalized spacial score (nSPS) is 18.9. The van der Waals surface area contributed by atoms with E-state index in [0.29, 0.717) is 0 Å². The molecule has 0 saturated heterocycles. The molecule has 44 valence electrons. The van der Waals surface area contributed by atoms with Crippen molar-refractivity contribution in [1.82, 2.24) is 0 Å². The lowest BCUT2D eigenvalue weighted by atomic mass is 10.3. The predicted octanol–water partition coefficient (Wildman–Crippen LogP) is 1.10. The Labute approximate surface area is 50.7 Å². The fourth-order valence-corrected chi connectivity index (χ4v) is 0.312. The number of hydrogen-bond acceptors (Lipinski definition) is 1. The molecular formula is C4H8BrFO. The van der Waals surface area contributed by atoms with Crippen LogP contribution >= 0.6 is 15.9 Å². The third-order valence-electron chi connectivity index (χ3n) is 0.673. The van der Waals surface area contributed by atoms with Crippen LogP contribution in [0.3, 0.4) is 0 Å². The van der Waals surface area contributed by atoms with E-state index in [9.17, 15) is 4.39 Å². The zero-order chi connectivity index (χ0) is 5.86. The Kier molecular flexibility index (Phi) is 3.56. The van der Waals surface area contributed by atoms with Crippen LogP contribution in [0, 0.1) is 0 Å². The van der Waals surface area contributed by atoms with Gasteiger partial charge < -0.3 is 5.11 Å². The summed E-state index contributed by atoms with van der Waals surface area (Å²) in [6.45, 7) is 1.26. The maximum absolute atomic E-state index is 12.0. The van der Waals surface area contributed by atoms with Gasteiger partial charge in [0.15, 0.2) is 0 Å². The summed E-state index contributed by atoms with van der Waals surface area (Å²) in [5, 5.41) is 8.10. The van der Waals surface area contributed by atoms with E-state index in [1.54, 1.807) is 6.92 Å². The first-order chi connectivity index (χ1) is 3.18. The van der Waals surface area contributed by atoms with Crippen LogP contribution in [-0.2, 0) is 0 Å². The lowest BCUT2D eigenvalue weighted by Crippen LogP contribution is -2.15. The second kappa shape index (κ2) is 3.38. The molecule has 0 rings (SSSR count). The summed E-state index contributed by atoms with van der Waals surface area (Å²) in [6, 6.07) is 0. The molecule has 0 amide bonds. The van der Waals surface area contributed by atoms with Gasteiger partial charge in [-0.25, -0.2) is 4.39 Å². The lowest BCUT2D eigenvalue weighted by Gasteiger charge is -2.03. The predicted molar refractivity (Wildman–Crippen MR) is 30.4 cm³/mol. The van der Waals surface area contributed by atoms with E-state index in [1.807, 2.05) is 0 Å². The van der Waals surface area contributed by atoms with E-state index in [4.69, 9.17) is 5.11 Å². The van der Waals surface area contributed by atoms with Crippen molar-refractivity contribution in [2.75, 3.05) is 6.61 Å². The van der Waals surface area contributed by atoms with E-state index in [1.165, 1.54) is 0 Å². The summed E-state index contributed by atoms with van der Waals surface area (Å²) >= 11 is 2.96. The zero-order valence-electron chi connectivity index (χ0n) is 4.06. The number of hydrogen-bond donors (Lipinski definition) is 1. The molecule has 0 heterocycles. The molecule has 1 N–H and O–H groups in total. The third-order valence-corrected chi connectivity index (χ3v) is 1.25. The second-order valence-corrected chi connectivity index (χ2v) is 2.82. The first-order valence-electron chi connectivity index (χ1n) is 2.07. The molecule has 0 radical (unpaired) electrons. The molecule has 0 aliphatic carbocycles. The maximum atomic E-state index is 12.0. The van der Waals surface area contributed by atoms with Gasteiger partial charge in [0.25, 0.3) is 0 Å². The first kappa shape index (κ1) is 7.37. The topological polar surface area (TPSA) is 20.2 Å². The van der Waals surface area contributed by atoms with Gasteiger partial charge in [0, 0.05) is 4.83 Å². The van der Waals surface area contributed by atoms with Crippen LogP contribution in [0.4, 0.5) is 4.39 Å². The second-order valence-electron chi connectivity index (χ2n) is 1.38. The fraction of sp³-hybridized carbons (Fsp3) is 1.00. The van der Waals surface area contributed by atoms with Crippen molar-refractivity contribution in [3.05, 3.63) is 0 Å². The summed E-state index contributed by atoms with van der Waals surface area (Å²) in [6.07, 6.45) is -1.13. The molecule has 0 aromatic heterocycles. The molecule has 0 saturated carbocycles. The summed E-state index contributed by atoms with van der Waals surface area (Å²) in [5.41, 5.74) is 0. The van der Waals surface area contributed by atoms with E-state index in [0.717, 1.165) is 0 Å². The molecule has 1 nitrogen and oxygen atoms in total. The highest BCUT2D eigenvalue weighted by molar-refractivity contribution is 9.09. The van der Waals surface area contributed by atoms with Crippen molar-refractivity contribution >= 4 is 15.9 Å². The largest absolute Gasteiger partial charge is 0.393 e. The van der Waals surface area contributed by atoms with Crippen LogP contribution in [0.15, 0.2) is 0 Å². The van der Waals surface area contributed by atoms with Gasteiger partial charge in [-0.2, -0.15) is 0 Å². The highest BCUT2D eigenvalue weighted by atomic mass is 79.9. The highest BCUT2D eigenvalue weighted by Gasteiger charge is 2.09. The molecule has 0 aliphatic rings. The average molecular weight is 171 g/mol. The van der Waals surface area contributed by atoms with Crippen LogP contribution in [0.5, 0.6) is 0 Å². The van der Waals surface area contributed by atoms with E-state index in [-0.39, 0.29) is 4.83 Å². The summed E-state index contributed by atoms with van der Waals surface area (Å²) < 4.78 is 12.0. The SMILES string of the molecule is CC(Br)C(F)CO. The van der Waals surface area contributed by atoms with Gasteiger partial charge in [0.05, 0.1) is 6.61 Å². The van der Waals surface area contributed by atoms with Gasteiger partial charge in [0.1, 0.15) is 6.17 Å². The van der Waals surface area contributed by atoms with E-state index >= 15 is 0 Å². The average Bonchev–Trinajstić information content (AvgIpc) is 1.65. The fourth-order valence-electron chi connectivity index (χ4n) is 0.145. The van der Waals surface area contributed by atoms with Crippen LogP contribution < -0.4 is 0 Å². The molecule has 2 unspecified atom stereocenters. The van der Waals surface area contributed by atoms with Crippen LogP contribution in [0.1, 0.15) is 6.92 Å². The lowest BCUT2D eigenvalue weighted by molar-refractivity contribution is 0.179. The van der Waals surface area contributed by atoms with Crippen molar-refractivity contribution in [3.8, 4) is 0 Å². The minimum atomic E-state index is -1.13. The van der Waals surface area contributed by atoms with Gasteiger partial charge in [-0.1, -0.05) is 15.9 Å². The van der Waals surface area contributed by atoms with Gasteiger partial charge in [-0.15, -0.1) is 0 Å². The summed E-state index contributed by atoms with van der Waals surface area (Å²) in [5.74, 6) is 0. The monoisotopic (exact) mass is 170 g/mol. The Morgan fingerprint density at radius 1 is 1.86 bits per heavy atom. The Balaban J connectivity index is 3.14. The van der Waals surface area contributed by atoms with Crippen molar-refractivity contribution in [2.45, 2.75) is 17.9 Å². The van der Waals surface area contributed by atoms with E-state index in [2.05, 4.69) is 15.9 Å². The molecule has 2 atom stereocenters. The standard InChI is InChI=1S/C4H8BrFO/c1-3(5)4(6)2-7/h3-4,7H,2H2,1H3. The number of halogens is 2. The van der Waals surface area contributed by atoms with Gasteiger partial charge in [-0.3, -0.25) is 0 Å². The molecule has 0 aromatic carbocycles. The first-order valence-corrected chi connectivity index (χ1v) is 2.99. The molecule has 0 aliphatic heterocycles. The van der Waals surface area contributed by atoms with Crippen LogP contribution in [0.2, 0.25) is 0 Å². The van der Waals surface area contributed by atoms with Crippen molar-refractivity contribution < 1.29 is 9.50 Å². The minimum absolute atomic E-state index is 0.238. The Bertz CT molecular complexity index is 49.0. The molecular weight excluding hydrogens is 163 g/mol. The molecule has 0 aromatic rings. The van der Waals surface area contributed by atoms with E-state index < -0.39 is 12.8 Å². The van der Waals surface area contributed by atoms with Gasteiger partial charge in [0.2, 0.25) is 0 Å².